The van der Waals surface area contributed by atoms with Crippen LogP contribution in [0.3, 0.4) is 0 Å². The van der Waals surface area contributed by atoms with Crippen molar-refractivity contribution in [1.29, 1.82) is 5.41 Å². The van der Waals surface area contributed by atoms with Gasteiger partial charge in [0, 0.05) is 0 Å². The normalized spacial score (nSPS) is 18.0. The summed E-state index contributed by atoms with van der Waals surface area (Å²) < 4.78 is 5.09. The molecule has 86 valence electrons. The number of benzene rings is 1. The summed E-state index contributed by atoms with van der Waals surface area (Å²) in [4.78, 5) is 12.8. The molecule has 1 aromatic rings. The van der Waals surface area contributed by atoms with Crippen LogP contribution >= 0.6 is 12.4 Å². The van der Waals surface area contributed by atoms with Gasteiger partial charge < -0.3 is 4.74 Å². The van der Waals surface area contributed by atoms with Gasteiger partial charge in [-0.2, -0.15) is 0 Å². The van der Waals surface area contributed by atoms with Crippen molar-refractivity contribution in [2.75, 3.05) is 4.90 Å². The highest BCUT2D eigenvalue weighted by Crippen LogP contribution is 2.28. The van der Waals surface area contributed by atoms with Crippen molar-refractivity contribution in [3.8, 4) is 0 Å². The third-order valence-electron chi connectivity index (χ3n) is 2.33. The van der Waals surface area contributed by atoms with Crippen molar-refractivity contribution in [1.82, 2.24) is 0 Å². The predicted molar refractivity (Wildman–Crippen MR) is 64.5 cm³/mol. The van der Waals surface area contributed by atoms with Crippen LogP contribution in [-0.2, 0) is 4.74 Å². The van der Waals surface area contributed by atoms with E-state index in [1.807, 2.05) is 18.2 Å². The van der Waals surface area contributed by atoms with Gasteiger partial charge in [-0.25, -0.2) is 9.69 Å². The number of nitrogens with one attached hydrogen (secondary N) is 1. The second kappa shape index (κ2) is 4.14. The minimum absolute atomic E-state index is 0. The van der Waals surface area contributed by atoms with E-state index in [1.165, 1.54) is 4.90 Å². The van der Waals surface area contributed by atoms with Gasteiger partial charge in [-0.05, 0) is 26.0 Å². The van der Waals surface area contributed by atoms with E-state index in [9.17, 15) is 4.79 Å². The van der Waals surface area contributed by atoms with Crippen LogP contribution < -0.4 is 4.90 Å². The number of anilines is 1. The monoisotopic (exact) mass is 240 g/mol. The number of hydrogen-bond acceptors (Lipinski definition) is 3. The van der Waals surface area contributed by atoms with Crippen LogP contribution in [0, 0.1) is 5.41 Å². The zero-order chi connectivity index (χ0) is 11.1. The number of carbonyl (C=O) groups excluding carboxylic acids is 1. The summed E-state index contributed by atoms with van der Waals surface area (Å²) in [5.41, 5.74) is -0.175. The Labute approximate surface area is 100 Å². The molecule has 16 heavy (non-hydrogen) atoms. The molecule has 0 unspecified atom stereocenters. The molecular weight excluding hydrogens is 228 g/mol. The molecule has 1 N–H and O–H groups in total. The first-order valence-corrected chi connectivity index (χ1v) is 4.69. The Kier molecular flexibility index (Phi) is 3.24. The zero-order valence-corrected chi connectivity index (χ0v) is 9.88. The lowest BCUT2D eigenvalue weighted by molar-refractivity contribution is 0.110. The molecule has 1 aliphatic rings. The highest BCUT2D eigenvalue weighted by atomic mass is 35.5. The number of amidine groups is 1. The van der Waals surface area contributed by atoms with E-state index in [0.717, 1.165) is 0 Å². The quantitative estimate of drug-likeness (QED) is 0.821. The van der Waals surface area contributed by atoms with Crippen molar-refractivity contribution in [2.45, 2.75) is 19.4 Å². The van der Waals surface area contributed by atoms with Crippen LogP contribution in [0.2, 0.25) is 0 Å². The average molecular weight is 241 g/mol. The van der Waals surface area contributed by atoms with Crippen LogP contribution in [0.1, 0.15) is 13.8 Å². The van der Waals surface area contributed by atoms with Crippen LogP contribution in [0.25, 0.3) is 0 Å². The fourth-order valence-electron chi connectivity index (χ4n) is 1.48. The van der Waals surface area contributed by atoms with E-state index >= 15 is 0 Å². The standard InChI is InChI=1S/C11H12N2O2.ClH/c1-11(2)9(12)13(10(14)15-11)8-6-4-3-5-7-8;/h3-7,12H,1-2H3;1H. The van der Waals surface area contributed by atoms with Gasteiger partial charge >= 0.3 is 6.09 Å². The summed E-state index contributed by atoms with van der Waals surface area (Å²) in [6.45, 7) is 3.41. The SMILES string of the molecule is CC1(C)OC(=O)N(c2ccccc2)C1=N.Cl. The van der Waals surface area contributed by atoms with Crippen LogP contribution in [-0.4, -0.2) is 17.5 Å². The average Bonchev–Trinajstić information content (AvgIpc) is 2.38. The number of halogens is 1. The third kappa shape index (κ3) is 1.88. The van der Waals surface area contributed by atoms with Crippen LogP contribution in [0.5, 0.6) is 0 Å². The largest absolute Gasteiger partial charge is 0.435 e. The summed E-state index contributed by atoms with van der Waals surface area (Å²) in [5, 5.41) is 7.86. The molecule has 1 aliphatic heterocycles. The molecule has 0 radical (unpaired) electrons. The molecule has 0 atom stereocenters. The number of rotatable bonds is 1. The van der Waals surface area contributed by atoms with Gasteiger partial charge in [0.15, 0.2) is 11.4 Å². The smallest absolute Gasteiger partial charge is 0.421 e. The predicted octanol–water partition coefficient (Wildman–Crippen LogP) is 2.82. The number of para-hydroxylation sites is 1. The molecule has 1 fully saturated rings. The lowest BCUT2D eigenvalue weighted by atomic mass is 10.1. The molecule has 0 saturated carbocycles. The second-order valence-electron chi connectivity index (χ2n) is 3.90. The number of carbonyl (C=O) groups is 1. The van der Waals surface area contributed by atoms with Crippen molar-refractivity contribution in [2.24, 2.45) is 0 Å². The second-order valence-corrected chi connectivity index (χ2v) is 3.90. The molecule has 4 nitrogen and oxygen atoms in total. The Balaban J connectivity index is 0.00000128. The van der Waals surface area contributed by atoms with E-state index < -0.39 is 11.7 Å². The molecule has 0 bridgehead atoms. The number of cyclic esters (lactones) is 1. The summed E-state index contributed by atoms with van der Waals surface area (Å²) in [6.07, 6.45) is -0.490. The summed E-state index contributed by atoms with van der Waals surface area (Å²) in [6, 6.07) is 9.05. The fraction of sp³-hybridized carbons (Fsp3) is 0.273. The van der Waals surface area contributed by atoms with Gasteiger partial charge in [0.2, 0.25) is 0 Å². The molecule has 5 heteroatoms. The van der Waals surface area contributed by atoms with Crippen LogP contribution in [0.15, 0.2) is 30.3 Å². The zero-order valence-electron chi connectivity index (χ0n) is 9.06. The highest BCUT2D eigenvalue weighted by Gasteiger charge is 2.44. The van der Waals surface area contributed by atoms with E-state index in [4.69, 9.17) is 10.1 Å². The first kappa shape index (κ1) is 12.5. The lowest BCUT2D eigenvalue weighted by Crippen LogP contribution is -2.35. The van der Waals surface area contributed by atoms with Gasteiger partial charge in [0.05, 0.1) is 5.69 Å². The van der Waals surface area contributed by atoms with Crippen molar-refractivity contribution in [3.05, 3.63) is 30.3 Å². The molecule has 2 rings (SSSR count). The van der Waals surface area contributed by atoms with E-state index in [-0.39, 0.29) is 18.2 Å². The molecule has 1 aromatic carbocycles. The van der Waals surface area contributed by atoms with Crippen LogP contribution in [0.4, 0.5) is 10.5 Å². The van der Waals surface area contributed by atoms with Gasteiger partial charge in [0.25, 0.3) is 0 Å². The molecule has 0 aliphatic carbocycles. The van der Waals surface area contributed by atoms with E-state index in [1.54, 1.807) is 26.0 Å². The van der Waals surface area contributed by atoms with E-state index in [2.05, 4.69) is 0 Å². The van der Waals surface area contributed by atoms with Gasteiger partial charge in [-0.15, -0.1) is 12.4 Å². The number of amides is 1. The number of ether oxygens (including phenoxy) is 1. The Bertz CT molecular complexity index is 417. The van der Waals surface area contributed by atoms with Crippen molar-refractivity contribution in [3.63, 3.8) is 0 Å². The maximum absolute atomic E-state index is 11.6. The first-order valence-electron chi connectivity index (χ1n) is 4.69. The fourth-order valence-corrected chi connectivity index (χ4v) is 1.48. The Morgan fingerprint density at radius 1 is 1.25 bits per heavy atom. The number of nitrogens with zero attached hydrogens (tertiary/aromatic N) is 1. The minimum Gasteiger partial charge on any atom is -0.435 e. The molecule has 1 heterocycles. The van der Waals surface area contributed by atoms with Crippen molar-refractivity contribution < 1.29 is 9.53 Å². The maximum atomic E-state index is 11.6. The molecular formula is C11H13ClN2O2. The highest BCUT2D eigenvalue weighted by molar-refractivity contribution is 6.20. The van der Waals surface area contributed by atoms with Gasteiger partial charge in [-0.3, -0.25) is 5.41 Å². The van der Waals surface area contributed by atoms with Crippen molar-refractivity contribution >= 4 is 30.0 Å². The third-order valence-corrected chi connectivity index (χ3v) is 2.33. The molecule has 0 aromatic heterocycles. The van der Waals surface area contributed by atoms with E-state index in [0.29, 0.717) is 5.69 Å². The van der Waals surface area contributed by atoms with Gasteiger partial charge in [-0.1, -0.05) is 18.2 Å². The Morgan fingerprint density at radius 3 is 2.25 bits per heavy atom. The maximum Gasteiger partial charge on any atom is 0.421 e. The van der Waals surface area contributed by atoms with Gasteiger partial charge in [0.1, 0.15) is 0 Å². The topological polar surface area (TPSA) is 53.4 Å². The lowest BCUT2D eigenvalue weighted by Gasteiger charge is -2.16. The summed E-state index contributed by atoms with van der Waals surface area (Å²) in [5.74, 6) is 0.165. The summed E-state index contributed by atoms with van der Waals surface area (Å²) in [7, 11) is 0. The molecule has 1 saturated heterocycles. The molecule has 1 amide bonds. The Hall–Kier alpha value is -1.55. The first-order chi connectivity index (χ1) is 7.02. The Morgan fingerprint density at radius 2 is 1.81 bits per heavy atom. The minimum atomic E-state index is -0.840. The number of hydrogen-bond donors (Lipinski definition) is 1. The molecule has 0 spiro atoms. The summed E-state index contributed by atoms with van der Waals surface area (Å²) >= 11 is 0.